The summed E-state index contributed by atoms with van der Waals surface area (Å²) < 4.78 is 0. The van der Waals surface area contributed by atoms with Crippen LogP contribution in [0.3, 0.4) is 0 Å². The van der Waals surface area contributed by atoms with E-state index in [4.69, 9.17) is 5.73 Å². The van der Waals surface area contributed by atoms with Crippen LogP contribution in [0.5, 0.6) is 0 Å². The Morgan fingerprint density at radius 2 is 1.45 bits per heavy atom. The lowest BCUT2D eigenvalue weighted by molar-refractivity contribution is 0.170. The van der Waals surface area contributed by atoms with Crippen LogP contribution in [0.1, 0.15) is 46.5 Å². The monoisotopic (exact) mass is 155 g/mol. The van der Waals surface area contributed by atoms with E-state index >= 15 is 0 Å². The van der Waals surface area contributed by atoms with Crippen LogP contribution in [0, 0.1) is 11.3 Å². The molecule has 1 nitrogen and oxygen atoms in total. The van der Waals surface area contributed by atoms with Crippen LogP contribution in [0.4, 0.5) is 0 Å². The van der Waals surface area contributed by atoms with Crippen molar-refractivity contribution < 1.29 is 0 Å². The summed E-state index contributed by atoms with van der Waals surface area (Å²) in [6.07, 6.45) is 5.15. The van der Waals surface area contributed by atoms with Gasteiger partial charge in [-0.15, -0.1) is 0 Å². The molecule has 1 fully saturated rings. The molecule has 2 N–H and O–H groups in total. The minimum atomic E-state index is 0.494. The second-order valence-corrected chi connectivity index (χ2v) is 4.98. The van der Waals surface area contributed by atoms with Crippen molar-refractivity contribution in [2.75, 3.05) is 0 Å². The molecular formula is C10H21N. The van der Waals surface area contributed by atoms with Crippen LogP contribution >= 0.6 is 0 Å². The summed E-state index contributed by atoms with van der Waals surface area (Å²) in [7, 11) is 0. The van der Waals surface area contributed by atoms with Gasteiger partial charge in [0.25, 0.3) is 0 Å². The topological polar surface area (TPSA) is 26.0 Å². The molecule has 0 saturated heterocycles. The smallest absolute Gasteiger partial charge is 0.00390 e. The van der Waals surface area contributed by atoms with Crippen molar-refractivity contribution in [3.63, 3.8) is 0 Å². The average molecular weight is 155 g/mol. The van der Waals surface area contributed by atoms with Crippen molar-refractivity contribution >= 4 is 0 Å². The summed E-state index contributed by atoms with van der Waals surface area (Å²) in [5.74, 6) is 0.905. The predicted molar refractivity (Wildman–Crippen MR) is 49.4 cm³/mol. The molecule has 0 aromatic rings. The first-order chi connectivity index (χ1) is 5.00. The fraction of sp³-hybridized carbons (Fsp3) is 1.00. The summed E-state index contributed by atoms with van der Waals surface area (Å²) in [5, 5.41) is 0. The van der Waals surface area contributed by atoms with Crippen LogP contribution in [-0.2, 0) is 0 Å². The first-order valence-electron chi connectivity index (χ1n) is 4.76. The second-order valence-electron chi connectivity index (χ2n) is 4.98. The zero-order valence-electron chi connectivity index (χ0n) is 8.06. The highest BCUT2D eigenvalue weighted by Gasteiger charge is 2.28. The molecule has 0 aliphatic heterocycles. The SMILES string of the molecule is CC(C)(C)[C@H]1CC[C@@H](N)CC1. The van der Waals surface area contributed by atoms with E-state index in [0.717, 1.165) is 5.92 Å². The molecule has 0 aromatic heterocycles. The van der Waals surface area contributed by atoms with Crippen LogP contribution in [-0.4, -0.2) is 6.04 Å². The normalized spacial score (nSPS) is 33.8. The van der Waals surface area contributed by atoms with Gasteiger partial charge in [0.05, 0.1) is 0 Å². The standard InChI is InChI=1S/C10H21N/c1-10(2,3)8-4-6-9(11)7-5-8/h8-9H,4-7,11H2,1-3H3/t8-,9+. The Bertz CT molecular complexity index is 115. The second kappa shape index (κ2) is 3.14. The molecule has 1 saturated carbocycles. The fourth-order valence-corrected chi connectivity index (χ4v) is 1.99. The highest BCUT2D eigenvalue weighted by Crippen LogP contribution is 2.37. The molecule has 11 heavy (non-hydrogen) atoms. The molecule has 0 atom stereocenters. The molecule has 1 rings (SSSR count). The molecule has 1 heteroatoms. The molecular weight excluding hydrogens is 134 g/mol. The summed E-state index contributed by atoms with van der Waals surface area (Å²) in [5.41, 5.74) is 6.34. The molecule has 1 aliphatic carbocycles. The van der Waals surface area contributed by atoms with E-state index < -0.39 is 0 Å². The van der Waals surface area contributed by atoms with E-state index in [9.17, 15) is 0 Å². The third-order valence-electron chi connectivity index (χ3n) is 3.00. The van der Waals surface area contributed by atoms with Gasteiger partial charge in [-0.2, -0.15) is 0 Å². The average Bonchev–Trinajstić information content (AvgIpc) is 1.86. The maximum absolute atomic E-state index is 5.84. The number of hydrogen-bond donors (Lipinski definition) is 1. The third-order valence-corrected chi connectivity index (χ3v) is 3.00. The van der Waals surface area contributed by atoms with Gasteiger partial charge in [0.15, 0.2) is 0 Å². The highest BCUT2D eigenvalue weighted by molar-refractivity contribution is 4.81. The number of hydrogen-bond acceptors (Lipinski definition) is 1. The van der Waals surface area contributed by atoms with Crippen LogP contribution < -0.4 is 5.73 Å². The van der Waals surface area contributed by atoms with Crippen molar-refractivity contribution in [3.8, 4) is 0 Å². The van der Waals surface area contributed by atoms with Crippen molar-refractivity contribution in [2.45, 2.75) is 52.5 Å². The lowest BCUT2D eigenvalue weighted by Gasteiger charge is -2.35. The Morgan fingerprint density at radius 3 is 1.82 bits per heavy atom. The fourth-order valence-electron chi connectivity index (χ4n) is 1.99. The van der Waals surface area contributed by atoms with Gasteiger partial charge in [-0.25, -0.2) is 0 Å². The Labute approximate surface area is 70.4 Å². The minimum absolute atomic E-state index is 0.494. The highest BCUT2D eigenvalue weighted by atomic mass is 14.6. The van der Waals surface area contributed by atoms with Gasteiger partial charge in [-0.1, -0.05) is 20.8 Å². The quantitative estimate of drug-likeness (QED) is 0.571. The maximum atomic E-state index is 5.84. The molecule has 0 aromatic carbocycles. The first-order valence-corrected chi connectivity index (χ1v) is 4.76. The van der Waals surface area contributed by atoms with Crippen molar-refractivity contribution in [2.24, 2.45) is 17.1 Å². The molecule has 0 radical (unpaired) electrons. The van der Waals surface area contributed by atoms with Crippen molar-refractivity contribution in [3.05, 3.63) is 0 Å². The van der Waals surface area contributed by atoms with Crippen molar-refractivity contribution in [1.82, 2.24) is 0 Å². The summed E-state index contributed by atoms with van der Waals surface area (Å²) in [4.78, 5) is 0. The van der Waals surface area contributed by atoms with Gasteiger partial charge >= 0.3 is 0 Å². The third kappa shape index (κ3) is 2.48. The van der Waals surface area contributed by atoms with Gasteiger partial charge in [0.2, 0.25) is 0 Å². The Hall–Kier alpha value is -0.0400. The first kappa shape index (κ1) is 9.05. The summed E-state index contributed by atoms with van der Waals surface area (Å²) >= 11 is 0. The van der Waals surface area contributed by atoms with E-state index in [1.807, 2.05) is 0 Å². The summed E-state index contributed by atoms with van der Waals surface area (Å²) in [6.45, 7) is 7.03. The lowest BCUT2D eigenvalue weighted by atomic mass is 9.71. The van der Waals surface area contributed by atoms with E-state index in [2.05, 4.69) is 20.8 Å². The van der Waals surface area contributed by atoms with Crippen LogP contribution in [0.25, 0.3) is 0 Å². The van der Waals surface area contributed by atoms with Gasteiger partial charge in [-0.3, -0.25) is 0 Å². The lowest BCUT2D eigenvalue weighted by Crippen LogP contribution is -2.31. The molecule has 0 unspecified atom stereocenters. The number of rotatable bonds is 0. The van der Waals surface area contributed by atoms with Gasteiger partial charge in [0, 0.05) is 6.04 Å². The van der Waals surface area contributed by atoms with Gasteiger partial charge in [0.1, 0.15) is 0 Å². The zero-order valence-corrected chi connectivity index (χ0v) is 8.06. The van der Waals surface area contributed by atoms with Crippen LogP contribution in [0.2, 0.25) is 0 Å². The predicted octanol–water partition coefficient (Wildman–Crippen LogP) is 2.55. The Balaban J connectivity index is 2.39. The van der Waals surface area contributed by atoms with Gasteiger partial charge in [-0.05, 0) is 37.0 Å². The Morgan fingerprint density at radius 1 is 1.00 bits per heavy atom. The van der Waals surface area contributed by atoms with E-state index in [-0.39, 0.29) is 0 Å². The van der Waals surface area contributed by atoms with E-state index in [0.29, 0.717) is 11.5 Å². The maximum Gasteiger partial charge on any atom is 0.00390 e. The Kier molecular flexibility index (Phi) is 2.58. The molecule has 0 amide bonds. The van der Waals surface area contributed by atoms with Gasteiger partial charge < -0.3 is 5.73 Å². The van der Waals surface area contributed by atoms with E-state index in [1.165, 1.54) is 25.7 Å². The van der Waals surface area contributed by atoms with Crippen molar-refractivity contribution in [1.29, 1.82) is 0 Å². The minimum Gasteiger partial charge on any atom is -0.328 e. The molecule has 0 spiro atoms. The number of nitrogens with two attached hydrogens (primary N) is 1. The molecule has 0 heterocycles. The zero-order chi connectivity index (χ0) is 8.48. The summed E-state index contributed by atoms with van der Waals surface area (Å²) in [6, 6.07) is 0.494. The van der Waals surface area contributed by atoms with Crippen LogP contribution in [0.15, 0.2) is 0 Å². The molecule has 66 valence electrons. The largest absolute Gasteiger partial charge is 0.328 e. The molecule has 1 aliphatic rings. The van der Waals surface area contributed by atoms with E-state index in [1.54, 1.807) is 0 Å². The molecule has 0 bridgehead atoms.